The van der Waals surface area contributed by atoms with Gasteiger partial charge < -0.3 is 9.63 Å². The van der Waals surface area contributed by atoms with Crippen molar-refractivity contribution in [2.75, 3.05) is 13.1 Å². The van der Waals surface area contributed by atoms with Gasteiger partial charge in [0.2, 0.25) is 11.7 Å². The second-order valence-electron chi connectivity index (χ2n) is 5.16. The predicted octanol–water partition coefficient (Wildman–Crippen LogP) is 1.96. The lowest BCUT2D eigenvalue weighted by Crippen LogP contribution is -2.59. The van der Waals surface area contributed by atoms with Crippen LogP contribution in [-0.4, -0.2) is 38.8 Å². The van der Waals surface area contributed by atoms with Crippen LogP contribution in [-0.2, 0) is 6.54 Å². The fourth-order valence-corrected chi connectivity index (χ4v) is 2.38. The summed E-state index contributed by atoms with van der Waals surface area (Å²) < 4.78 is 5.21. The van der Waals surface area contributed by atoms with Gasteiger partial charge in [-0.3, -0.25) is 4.90 Å². The molecule has 1 aromatic carbocycles. The lowest BCUT2D eigenvalue weighted by Gasteiger charge is -2.43. The number of hydrogen-bond donors (Lipinski definition) is 1. The van der Waals surface area contributed by atoms with Crippen molar-refractivity contribution in [1.82, 2.24) is 15.0 Å². The summed E-state index contributed by atoms with van der Waals surface area (Å²) in [4.78, 5) is 6.39. The molecule has 3 rings (SSSR count). The summed E-state index contributed by atoms with van der Waals surface area (Å²) in [6, 6.07) is 7.29. The van der Waals surface area contributed by atoms with Crippen molar-refractivity contribution in [3.05, 3.63) is 35.2 Å². The third-order valence-electron chi connectivity index (χ3n) is 3.06. The van der Waals surface area contributed by atoms with Gasteiger partial charge in [0.15, 0.2) is 0 Å². The molecule has 19 heavy (non-hydrogen) atoms. The summed E-state index contributed by atoms with van der Waals surface area (Å²) in [5.41, 5.74) is 0.286. The highest BCUT2D eigenvalue weighted by molar-refractivity contribution is 6.30. The highest BCUT2D eigenvalue weighted by Crippen LogP contribution is 2.23. The van der Waals surface area contributed by atoms with Gasteiger partial charge in [0.05, 0.1) is 12.1 Å². The third-order valence-corrected chi connectivity index (χ3v) is 3.31. The van der Waals surface area contributed by atoms with Gasteiger partial charge in [0.25, 0.3) is 0 Å². The van der Waals surface area contributed by atoms with Gasteiger partial charge in [-0.1, -0.05) is 16.8 Å². The number of benzene rings is 1. The van der Waals surface area contributed by atoms with Crippen LogP contribution in [0.1, 0.15) is 12.8 Å². The third kappa shape index (κ3) is 2.78. The molecule has 100 valence electrons. The molecule has 0 aliphatic carbocycles. The van der Waals surface area contributed by atoms with Crippen molar-refractivity contribution in [3.63, 3.8) is 0 Å². The van der Waals surface area contributed by atoms with Crippen molar-refractivity contribution >= 4 is 11.6 Å². The van der Waals surface area contributed by atoms with E-state index in [9.17, 15) is 5.11 Å². The number of β-amino-alcohol motifs (C(OH)–C–C–N with tert-alkyl or cyclic N) is 1. The largest absolute Gasteiger partial charge is 0.388 e. The normalized spacial score (nSPS) is 18.3. The molecule has 5 nitrogen and oxygen atoms in total. The molecule has 0 unspecified atom stereocenters. The SMILES string of the molecule is CC1(O)CN(Cc2nc(-c3ccc(Cl)cc3)no2)C1. The molecule has 2 aromatic rings. The van der Waals surface area contributed by atoms with Crippen LogP contribution in [0.3, 0.4) is 0 Å². The van der Waals surface area contributed by atoms with Crippen molar-refractivity contribution < 1.29 is 9.63 Å². The van der Waals surface area contributed by atoms with E-state index >= 15 is 0 Å². The molecule has 0 saturated carbocycles. The first-order valence-electron chi connectivity index (χ1n) is 6.05. The first-order chi connectivity index (χ1) is 9.02. The lowest BCUT2D eigenvalue weighted by atomic mass is 9.97. The summed E-state index contributed by atoms with van der Waals surface area (Å²) in [5, 5.41) is 14.3. The maximum Gasteiger partial charge on any atom is 0.241 e. The fraction of sp³-hybridized carbons (Fsp3) is 0.385. The smallest absolute Gasteiger partial charge is 0.241 e. The van der Waals surface area contributed by atoms with E-state index in [2.05, 4.69) is 15.0 Å². The number of nitrogens with zero attached hydrogens (tertiary/aromatic N) is 3. The summed E-state index contributed by atoms with van der Waals surface area (Å²) in [6.45, 7) is 3.64. The Bertz CT molecular complexity index is 572. The predicted molar refractivity (Wildman–Crippen MR) is 70.6 cm³/mol. The Balaban J connectivity index is 1.68. The molecule has 0 radical (unpaired) electrons. The van der Waals surface area contributed by atoms with Crippen LogP contribution in [0.25, 0.3) is 11.4 Å². The molecule has 0 spiro atoms. The summed E-state index contributed by atoms with van der Waals surface area (Å²) in [5.74, 6) is 1.11. The monoisotopic (exact) mass is 279 g/mol. The molecule has 2 heterocycles. The summed E-state index contributed by atoms with van der Waals surface area (Å²) in [6.07, 6.45) is 0. The first kappa shape index (κ1) is 12.6. The van der Waals surface area contributed by atoms with Crippen LogP contribution < -0.4 is 0 Å². The Hall–Kier alpha value is -1.43. The Morgan fingerprint density at radius 3 is 2.68 bits per heavy atom. The Kier molecular flexibility index (Phi) is 3.05. The Morgan fingerprint density at radius 2 is 2.05 bits per heavy atom. The zero-order valence-corrected chi connectivity index (χ0v) is 11.3. The van der Waals surface area contributed by atoms with Gasteiger partial charge in [0, 0.05) is 23.7 Å². The van der Waals surface area contributed by atoms with Gasteiger partial charge in [0.1, 0.15) is 0 Å². The maximum absolute atomic E-state index is 9.65. The van der Waals surface area contributed by atoms with Crippen molar-refractivity contribution in [1.29, 1.82) is 0 Å². The average molecular weight is 280 g/mol. The lowest BCUT2D eigenvalue weighted by molar-refractivity contribution is -0.0901. The quantitative estimate of drug-likeness (QED) is 0.930. The number of aliphatic hydroxyl groups is 1. The van der Waals surface area contributed by atoms with E-state index in [1.165, 1.54) is 0 Å². The van der Waals surface area contributed by atoms with E-state index in [1.54, 1.807) is 12.1 Å². The molecule has 1 aromatic heterocycles. The van der Waals surface area contributed by atoms with Crippen LogP contribution in [0, 0.1) is 0 Å². The Morgan fingerprint density at radius 1 is 1.37 bits per heavy atom. The van der Waals surface area contributed by atoms with E-state index in [4.69, 9.17) is 16.1 Å². The minimum absolute atomic E-state index is 0.555. The molecular formula is C13H14ClN3O2. The highest BCUT2D eigenvalue weighted by atomic mass is 35.5. The molecule has 6 heteroatoms. The van der Waals surface area contributed by atoms with Gasteiger partial charge in [-0.25, -0.2) is 0 Å². The Labute approximate surface area is 115 Å². The van der Waals surface area contributed by atoms with Crippen LogP contribution in [0.15, 0.2) is 28.8 Å². The summed E-state index contributed by atoms with van der Waals surface area (Å²) in [7, 11) is 0. The minimum Gasteiger partial charge on any atom is -0.388 e. The van der Waals surface area contributed by atoms with Crippen LogP contribution >= 0.6 is 11.6 Å². The molecule has 1 saturated heterocycles. The number of rotatable bonds is 3. The topological polar surface area (TPSA) is 62.4 Å². The van der Waals surface area contributed by atoms with E-state index in [0.29, 0.717) is 36.4 Å². The van der Waals surface area contributed by atoms with Crippen LogP contribution in [0.5, 0.6) is 0 Å². The molecule has 0 amide bonds. The number of hydrogen-bond acceptors (Lipinski definition) is 5. The molecule has 0 bridgehead atoms. The second-order valence-corrected chi connectivity index (χ2v) is 5.60. The number of aromatic nitrogens is 2. The molecular weight excluding hydrogens is 266 g/mol. The molecule has 1 aliphatic rings. The number of likely N-dealkylation sites (tertiary alicyclic amines) is 1. The minimum atomic E-state index is -0.584. The van der Waals surface area contributed by atoms with E-state index in [-0.39, 0.29) is 0 Å². The second kappa shape index (κ2) is 4.59. The van der Waals surface area contributed by atoms with E-state index in [1.807, 2.05) is 19.1 Å². The van der Waals surface area contributed by atoms with Gasteiger partial charge in [-0.15, -0.1) is 0 Å². The summed E-state index contributed by atoms with van der Waals surface area (Å²) >= 11 is 5.83. The van der Waals surface area contributed by atoms with E-state index < -0.39 is 5.60 Å². The van der Waals surface area contributed by atoms with Gasteiger partial charge >= 0.3 is 0 Å². The molecule has 1 aliphatic heterocycles. The van der Waals surface area contributed by atoms with Gasteiger partial charge in [-0.2, -0.15) is 4.98 Å². The molecule has 0 atom stereocenters. The van der Waals surface area contributed by atoms with E-state index in [0.717, 1.165) is 5.56 Å². The molecule has 1 N–H and O–H groups in total. The first-order valence-corrected chi connectivity index (χ1v) is 6.43. The van der Waals surface area contributed by atoms with Crippen LogP contribution in [0.4, 0.5) is 0 Å². The fourth-order valence-electron chi connectivity index (χ4n) is 2.26. The standard InChI is InChI=1S/C13H14ClN3O2/c1-13(18)7-17(8-13)6-11-15-12(16-19-11)9-2-4-10(14)5-3-9/h2-5,18H,6-8H2,1H3. The van der Waals surface area contributed by atoms with Crippen molar-refractivity contribution in [3.8, 4) is 11.4 Å². The van der Waals surface area contributed by atoms with Crippen molar-refractivity contribution in [2.45, 2.75) is 19.1 Å². The highest BCUT2D eigenvalue weighted by Gasteiger charge is 2.37. The number of halogens is 1. The van der Waals surface area contributed by atoms with Crippen molar-refractivity contribution in [2.24, 2.45) is 0 Å². The van der Waals surface area contributed by atoms with Gasteiger partial charge in [-0.05, 0) is 31.2 Å². The zero-order chi connectivity index (χ0) is 13.5. The maximum atomic E-state index is 9.65. The zero-order valence-electron chi connectivity index (χ0n) is 10.5. The van der Waals surface area contributed by atoms with Crippen LogP contribution in [0.2, 0.25) is 5.02 Å². The average Bonchev–Trinajstić information content (AvgIpc) is 2.76. The molecule has 1 fully saturated rings.